The van der Waals surface area contributed by atoms with E-state index < -0.39 is 22.8 Å². The summed E-state index contributed by atoms with van der Waals surface area (Å²) in [5.41, 5.74) is 1.93. The molecular weight excluding hydrogens is 564 g/mol. The lowest BCUT2D eigenvalue weighted by Crippen LogP contribution is -2.54. The van der Waals surface area contributed by atoms with Crippen molar-refractivity contribution < 1.29 is 28.8 Å². The summed E-state index contributed by atoms with van der Waals surface area (Å²) in [6.45, 7) is 0. The summed E-state index contributed by atoms with van der Waals surface area (Å²) in [6, 6.07) is 14.3. The number of benzene rings is 2. The fourth-order valence-corrected chi connectivity index (χ4v) is 8.00. The van der Waals surface area contributed by atoms with Crippen molar-refractivity contribution in [2.45, 2.75) is 43.9 Å². The first-order valence-corrected chi connectivity index (χ1v) is 14.7. The van der Waals surface area contributed by atoms with Crippen LogP contribution >= 0.6 is 0 Å². The summed E-state index contributed by atoms with van der Waals surface area (Å²) >= 11 is 0. The first-order chi connectivity index (χ1) is 21.2. The highest BCUT2D eigenvalue weighted by molar-refractivity contribution is 6.39. The molecule has 5 fully saturated rings. The zero-order valence-corrected chi connectivity index (χ0v) is 24.0. The largest absolute Gasteiger partial charge is 0.493 e. The maximum atomic E-state index is 13.6. The lowest BCUT2D eigenvalue weighted by atomic mass is 9.48. The first kappa shape index (κ1) is 27.8. The number of ether oxygens (including phenoxy) is 2. The number of carbonyl (C=O) groups is 3. The number of nitro groups is 1. The molecule has 0 unspecified atom stereocenters. The van der Waals surface area contributed by atoms with Gasteiger partial charge in [-0.2, -0.15) is 0 Å². The molecule has 1 aromatic heterocycles. The zero-order valence-electron chi connectivity index (χ0n) is 24.0. The third kappa shape index (κ3) is 4.87. The number of pyridine rings is 1. The zero-order chi connectivity index (χ0) is 30.6. The van der Waals surface area contributed by atoms with Crippen molar-refractivity contribution in [1.82, 2.24) is 10.3 Å². The topological polar surface area (TPSA) is 141 Å². The molecule has 4 saturated carbocycles. The lowest BCUT2D eigenvalue weighted by Gasteiger charge is -2.57. The molecular formula is C33H30N4O7. The van der Waals surface area contributed by atoms with E-state index >= 15 is 0 Å². The third-order valence-electron chi connectivity index (χ3n) is 9.52. The molecule has 11 heteroatoms. The van der Waals surface area contributed by atoms with Gasteiger partial charge in [0.2, 0.25) is 5.88 Å². The molecule has 0 radical (unpaired) electrons. The van der Waals surface area contributed by atoms with Crippen molar-refractivity contribution in [2.24, 2.45) is 17.8 Å². The molecule has 44 heavy (non-hydrogen) atoms. The maximum Gasteiger partial charge on any atom is 0.335 e. The molecule has 1 N–H and O–H groups in total. The van der Waals surface area contributed by atoms with Crippen LogP contribution in [0.1, 0.15) is 49.7 Å². The summed E-state index contributed by atoms with van der Waals surface area (Å²) in [7, 11) is 1.42. The molecule has 2 heterocycles. The highest BCUT2D eigenvalue weighted by Gasteiger charge is 2.51. The highest BCUT2D eigenvalue weighted by Crippen LogP contribution is 2.60. The van der Waals surface area contributed by atoms with E-state index in [1.807, 2.05) is 12.1 Å². The average molecular weight is 595 g/mol. The standard InChI is InChI=1S/C33H30N4O7/c1-43-28-14-19(2-8-27(28)44-29-9-7-25(18-34-29)37(41)42)13-26-30(38)35-32(40)36(31(26)39)24-5-3-23(4-6-24)33-15-20-10-21(16-33)12-22(11-20)17-33/h2-9,13-14,18,20-22H,10-12,15-17H2,1H3,(H,35,38,40)/b26-13+. The van der Waals surface area contributed by atoms with Gasteiger partial charge in [0, 0.05) is 12.1 Å². The molecule has 224 valence electrons. The average Bonchev–Trinajstić information content (AvgIpc) is 2.99. The van der Waals surface area contributed by atoms with Crippen molar-refractivity contribution in [1.29, 1.82) is 0 Å². The number of aromatic nitrogens is 1. The number of urea groups is 1. The molecule has 5 aliphatic rings. The number of nitrogens with one attached hydrogen (secondary N) is 1. The van der Waals surface area contributed by atoms with Crippen LogP contribution in [0.2, 0.25) is 0 Å². The van der Waals surface area contributed by atoms with E-state index in [0.717, 1.165) is 28.9 Å². The second kappa shape index (κ2) is 10.6. The minimum Gasteiger partial charge on any atom is -0.493 e. The third-order valence-corrected chi connectivity index (χ3v) is 9.52. The van der Waals surface area contributed by atoms with Gasteiger partial charge in [-0.1, -0.05) is 18.2 Å². The molecule has 11 nitrogen and oxygen atoms in total. The number of nitrogens with zero attached hydrogens (tertiary/aromatic N) is 3. The van der Waals surface area contributed by atoms with Crippen LogP contribution in [0, 0.1) is 27.9 Å². The summed E-state index contributed by atoms with van der Waals surface area (Å²) in [4.78, 5) is 54.5. The van der Waals surface area contributed by atoms with Crippen molar-refractivity contribution in [3.05, 3.63) is 87.6 Å². The van der Waals surface area contributed by atoms with E-state index in [2.05, 4.69) is 10.3 Å². The number of barbiturate groups is 1. The highest BCUT2D eigenvalue weighted by atomic mass is 16.6. The number of hydrogen-bond donors (Lipinski definition) is 1. The molecule has 0 spiro atoms. The van der Waals surface area contributed by atoms with Gasteiger partial charge in [0.05, 0.1) is 17.7 Å². The molecule has 2 aromatic carbocycles. The number of anilines is 1. The van der Waals surface area contributed by atoms with Crippen LogP contribution in [0.4, 0.5) is 16.2 Å². The van der Waals surface area contributed by atoms with Gasteiger partial charge in [0.25, 0.3) is 17.5 Å². The molecule has 0 atom stereocenters. The smallest absolute Gasteiger partial charge is 0.335 e. The second-order valence-corrected chi connectivity index (χ2v) is 12.3. The monoisotopic (exact) mass is 594 g/mol. The number of rotatable bonds is 7. The minimum atomic E-state index is -0.796. The van der Waals surface area contributed by atoms with Gasteiger partial charge in [-0.15, -0.1) is 0 Å². The van der Waals surface area contributed by atoms with Crippen molar-refractivity contribution >= 4 is 35.3 Å². The minimum absolute atomic E-state index is 0.116. The quantitative estimate of drug-likeness (QED) is 0.154. The van der Waals surface area contributed by atoms with E-state index in [-0.39, 0.29) is 34.1 Å². The van der Waals surface area contributed by atoms with Crippen LogP contribution in [-0.2, 0) is 15.0 Å². The number of methoxy groups -OCH3 is 1. The van der Waals surface area contributed by atoms with Gasteiger partial charge in [0.15, 0.2) is 11.5 Å². The van der Waals surface area contributed by atoms with Gasteiger partial charge in [-0.05, 0) is 103 Å². The van der Waals surface area contributed by atoms with Crippen LogP contribution in [0.5, 0.6) is 17.4 Å². The Bertz CT molecular complexity index is 1680. The van der Waals surface area contributed by atoms with Crippen molar-refractivity contribution in [3.63, 3.8) is 0 Å². The maximum absolute atomic E-state index is 13.6. The van der Waals surface area contributed by atoms with Crippen LogP contribution in [0.25, 0.3) is 6.08 Å². The molecule has 3 aromatic rings. The predicted molar refractivity (Wildman–Crippen MR) is 159 cm³/mol. The second-order valence-electron chi connectivity index (χ2n) is 12.3. The molecule has 4 bridgehead atoms. The Morgan fingerprint density at radius 1 is 0.955 bits per heavy atom. The van der Waals surface area contributed by atoms with E-state index in [0.29, 0.717) is 11.3 Å². The van der Waals surface area contributed by atoms with E-state index in [1.165, 1.54) is 69.4 Å². The lowest BCUT2D eigenvalue weighted by molar-refractivity contribution is -0.385. The summed E-state index contributed by atoms with van der Waals surface area (Å²) in [5, 5.41) is 13.2. The normalized spacial score (nSPS) is 26.6. The van der Waals surface area contributed by atoms with Crippen molar-refractivity contribution in [3.8, 4) is 17.4 Å². The van der Waals surface area contributed by atoms with E-state index in [1.54, 1.807) is 30.3 Å². The van der Waals surface area contributed by atoms with Gasteiger partial charge >= 0.3 is 6.03 Å². The SMILES string of the molecule is COc1cc(/C=C2\C(=O)NC(=O)N(c3ccc(C45CC6CC(CC(C6)C4)C5)cc3)C2=O)ccc1Oc1ccc([N+](=O)[O-])cn1. The summed E-state index contributed by atoms with van der Waals surface area (Å²) in [5.74, 6) is 1.53. The van der Waals surface area contributed by atoms with Gasteiger partial charge in [0.1, 0.15) is 11.8 Å². The number of carbonyl (C=O) groups excluding carboxylic acids is 3. The Kier molecular flexibility index (Phi) is 6.68. The molecule has 4 aliphatic carbocycles. The molecule has 1 aliphatic heterocycles. The molecule has 4 amide bonds. The van der Waals surface area contributed by atoms with Crippen LogP contribution in [0.15, 0.2) is 66.4 Å². The van der Waals surface area contributed by atoms with Crippen LogP contribution in [0.3, 0.4) is 0 Å². The van der Waals surface area contributed by atoms with E-state index in [9.17, 15) is 24.5 Å². The predicted octanol–water partition coefficient (Wildman–Crippen LogP) is 5.92. The first-order valence-electron chi connectivity index (χ1n) is 14.7. The van der Waals surface area contributed by atoms with Crippen LogP contribution < -0.4 is 19.7 Å². The van der Waals surface area contributed by atoms with Crippen molar-refractivity contribution in [2.75, 3.05) is 12.0 Å². The molecule has 8 rings (SSSR count). The van der Waals surface area contributed by atoms with E-state index in [4.69, 9.17) is 9.47 Å². The van der Waals surface area contributed by atoms with Gasteiger partial charge in [-0.3, -0.25) is 25.0 Å². The van der Waals surface area contributed by atoms with Gasteiger partial charge in [-0.25, -0.2) is 14.7 Å². The fraction of sp³-hybridized carbons (Fsp3) is 0.333. The molecule has 1 saturated heterocycles. The fourth-order valence-electron chi connectivity index (χ4n) is 8.00. The Hall–Kier alpha value is -5.06. The Morgan fingerprint density at radius 2 is 1.64 bits per heavy atom. The Labute approximate surface area is 253 Å². The van der Waals surface area contributed by atoms with Gasteiger partial charge < -0.3 is 9.47 Å². The number of imide groups is 2. The van der Waals surface area contributed by atoms with Crippen LogP contribution in [-0.4, -0.2) is 34.9 Å². The summed E-state index contributed by atoms with van der Waals surface area (Å²) < 4.78 is 11.1. The Balaban J connectivity index is 1.12. The number of hydrogen-bond acceptors (Lipinski definition) is 8. The number of amides is 4. The Morgan fingerprint density at radius 3 is 2.23 bits per heavy atom. The summed E-state index contributed by atoms with van der Waals surface area (Å²) in [6.07, 6.45) is 10.1.